The number of hydrogen-bond donors (Lipinski definition) is 0. The molecule has 0 N–H and O–H groups in total. The summed E-state index contributed by atoms with van der Waals surface area (Å²) in [4.78, 5) is 0. The van der Waals surface area contributed by atoms with Gasteiger partial charge in [-0.2, -0.15) is 0 Å². The molecule has 0 radical (unpaired) electrons. The SMILES string of the molecule is C=CC[PH](c1ccccc1)(c1ccccc1)c1cccc(C(C)(C)C)c1O[SiH](C)C. The first-order valence-electron chi connectivity index (χ1n) is 10.8. The summed E-state index contributed by atoms with van der Waals surface area (Å²) in [5.74, 6) is 1.12. The Morgan fingerprint density at radius 1 is 0.833 bits per heavy atom. The summed E-state index contributed by atoms with van der Waals surface area (Å²) in [7, 11) is -3.67. The zero-order chi connectivity index (χ0) is 21.8. The molecule has 30 heavy (non-hydrogen) atoms. The van der Waals surface area contributed by atoms with Gasteiger partial charge in [-0.15, -0.1) is 0 Å². The van der Waals surface area contributed by atoms with E-state index in [1.165, 1.54) is 21.5 Å². The van der Waals surface area contributed by atoms with Gasteiger partial charge in [-0.05, 0) is 0 Å². The van der Waals surface area contributed by atoms with Crippen molar-refractivity contribution >= 4 is 32.2 Å². The van der Waals surface area contributed by atoms with Gasteiger partial charge in [-0.25, -0.2) is 0 Å². The Labute approximate surface area is 184 Å². The minimum absolute atomic E-state index is 0.0102. The molecule has 158 valence electrons. The third kappa shape index (κ3) is 4.46. The van der Waals surface area contributed by atoms with Gasteiger partial charge in [-0.1, -0.05) is 0 Å². The van der Waals surface area contributed by atoms with Crippen LogP contribution in [0, 0.1) is 0 Å². The van der Waals surface area contributed by atoms with Crippen molar-refractivity contribution in [1.29, 1.82) is 0 Å². The maximum absolute atomic E-state index is 6.74. The fraction of sp³-hybridized carbons (Fsp3) is 0.259. The van der Waals surface area contributed by atoms with Gasteiger partial charge in [0.15, 0.2) is 0 Å². The van der Waals surface area contributed by atoms with Gasteiger partial charge in [-0.3, -0.25) is 0 Å². The Bertz CT molecular complexity index is 935. The molecule has 0 spiro atoms. The van der Waals surface area contributed by atoms with Gasteiger partial charge >= 0.3 is 185 Å². The van der Waals surface area contributed by atoms with Crippen molar-refractivity contribution in [3.63, 3.8) is 0 Å². The minimum atomic E-state index is -2.37. The molecule has 0 bridgehead atoms. The molecule has 3 heteroatoms. The van der Waals surface area contributed by atoms with E-state index < -0.39 is 16.3 Å². The molecule has 0 aromatic heterocycles. The molecule has 0 aliphatic heterocycles. The van der Waals surface area contributed by atoms with E-state index in [0.717, 1.165) is 11.9 Å². The van der Waals surface area contributed by atoms with Gasteiger partial charge in [0.1, 0.15) is 0 Å². The Hall–Kier alpha value is -2.15. The molecule has 0 atom stereocenters. The predicted molar refractivity (Wildman–Crippen MR) is 140 cm³/mol. The van der Waals surface area contributed by atoms with Crippen LogP contribution < -0.4 is 20.3 Å². The number of benzene rings is 3. The van der Waals surface area contributed by atoms with Gasteiger partial charge in [0.2, 0.25) is 0 Å². The third-order valence-corrected chi connectivity index (χ3v) is 11.2. The molecular formula is C27H35OPSi. The second-order valence-electron chi connectivity index (χ2n) is 9.23. The number of hydrogen-bond acceptors (Lipinski definition) is 1. The quantitative estimate of drug-likeness (QED) is 0.269. The van der Waals surface area contributed by atoms with Crippen LogP contribution in [0.1, 0.15) is 26.3 Å². The van der Waals surface area contributed by atoms with E-state index in [4.69, 9.17) is 4.43 Å². The summed E-state index contributed by atoms with van der Waals surface area (Å²) in [6.07, 6.45) is 3.04. The number of allylic oxidation sites excluding steroid dienone is 1. The van der Waals surface area contributed by atoms with E-state index in [9.17, 15) is 0 Å². The van der Waals surface area contributed by atoms with E-state index in [1.807, 2.05) is 0 Å². The molecule has 0 amide bonds. The number of rotatable bonds is 7. The normalized spacial score (nSPS) is 12.6. The Kier molecular flexibility index (Phi) is 7.01. The zero-order valence-electron chi connectivity index (χ0n) is 19.0. The molecule has 0 saturated heterocycles. The van der Waals surface area contributed by atoms with E-state index in [2.05, 4.69) is 125 Å². The molecule has 1 nitrogen and oxygen atoms in total. The van der Waals surface area contributed by atoms with Gasteiger partial charge in [0.25, 0.3) is 0 Å². The molecule has 0 aliphatic rings. The van der Waals surface area contributed by atoms with Crippen LogP contribution in [0.4, 0.5) is 0 Å². The van der Waals surface area contributed by atoms with E-state index in [-0.39, 0.29) is 5.41 Å². The summed E-state index contributed by atoms with van der Waals surface area (Å²) >= 11 is 0. The van der Waals surface area contributed by atoms with Crippen molar-refractivity contribution in [2.75, 3.05) is 6.16 Å². The van der Waals surface area contributed by atoms with Crippen LogP contribution in [0.25, 0.3) is 0 Å². The first-order valence-corrected chi connectivity index (χ1v) is 15.8. The van der Waals surface area contributed by atoms with Crippen molar-refractivity contribution in [2.45, 2.75) is 39.3 Å². The van der Waals surface area contributed by atoms with Crippen molar-refractivity contribution < 1.29 is 4.43 Å². The van der Waals surface area contributed by atoms with E-state index in [1.54, 1.807) is 0 Å². The van der Waals surface area contributed by atoms with Crippen molar-refractivity contribution in [3.8, 4) is 5.75 Å². The molecule has 0 fully saturated rings. The zero-order valence-corrected chi connectivity index (χ0v) is 21.1. The topological polar surface area (TPSA) is 9.23 Å². The van der Waals surface area contributed by atoms with Crippen LogP contribution in [0.5, 0.6) is 5.75 Å². The Morgan fingerprint density at radius 3 is 1.80 bits per heavy atom. The van der Waals surface area contributed by atoms with Crippen LogP contribution >= 0.6 is 7.26 Å². The van der Waals surface area contributed by atoms with Crippen LogP contribution in [0.15, 0.2) is 91.5 Å². The van der Waals surface area contributed by atoms with Crippen molar-refractivity contribution in [2.24, 2.45) is 0 Å². The first kappa shape index (κ1) is 22.5. The fourth-order valence-electron chi connectivity index (χ4n) is 4.31. The predicted octanol–water partition coefficient (Wildman–Crippen LogP) is 5.56. The van der Waals surface area contributed by atoms with Gasteiger partial charge < -0.3 is 0 Å². The van der Waals surface area contributed by atoms with Gasteiger partial charge in [0, 0.05) is 0 Å². The third-order valence-electron chi connectivity index (χ3n) is 5.62. The van der Waals surface area contributed by atoms with Gasteiger partial charge in [0.05, 0.1) is 0 Å². The standard InChI is InChI=1S/C27H35OPSi/c1-7-21-29(22-15-10-8-11-16-22,23-17-12-9-13-18-23)25-20-14-19-24(27(2,3)4)26(25)28-30(5)6/h7-20,29-30H,1,21H2,2-6H3. The molecule has 0 heterocycles. The van der Waals surface area contributed by atoms with Crippen LogP contribution in [0.2, 0.25) is 13.1 Å². The molecular weight excluding hydrogens is 399 g/mol. The van der Waals surface area contributed by atoms with Crippen molar-refractivity contribution in [3.05, 3.63) is 97.1 Å². The summed E-state index contributed by atoms with van der Waals surface area (Å²) in [5.41, 5.74) is 1.31. The van der Waals surface area contributed by atoms with Crippen LogP contribution in [0.3, 0.4) is 0 Å². The average molecular weight is 435 g/mol. The van der Waals surface area contributed by atoms with E-state index >= 15 is 0 Å². The maximum atomic E-state index is 6.74. The van der Waals surface area contributed by atoms with Crippen molar-refractivity contribution in [1.82, 2.24) is 0 Å². The molecule has 3 rings (SSSR count). The average Bonchev–Trinajstić information content (AvgIpc) is 2.72. The molecule has 3 aromatic carbocycles. The van der Waals surface area contributed by atoms with Crippen LogP contribution in [-0.2, 0) is 5.41 Å². The summed E-state index contributed by atoms with van der Waals surface area (Å²) in [6.45, 7) is 15.5. The first-order chi connectivity index (χ1) is 14.3. The molecule has 0 aliphatic carbocycles. The summed E-state index contributed by atoms with van der Waals surface area (Å²) < 4.78 is 6.74. The molecule has 0 unspecified atom stereocenters. The Morgan fingerprint density at radius 2 is 1.37 bits per heavy atom. The monoisotopic (exact) mass is 434 g/mol. The fourth-order valence-corrected chi connectivity index (χ4v) is 9.72. The summed E-state index contributed by atoms with van der Waals surface area (Å²) in [5, 5.41) is 4.17. The molecule has 0 saturated carbocycles. The van der Waals surface area contributed by atoms with E-state index in [0.29, 0.717) is 0 Å². The van der Waals surface area contributed by atoms with Crippen LogP contribution in [-0.4, -0.2) is 15.2 Å². The second kappa shape index (κ2) is 9.33. The molecule has 3 aromatic rings. The summed E-state index contributed by atoms with van der Waals surface area (Å²) in [6, 6.07) is 28.8. The Balaban J connectivity index is 2.45. The number of para-hydroxylation sites is 1. The second-order valence-corrected chi connectivity index (χ2v) is 15.5.